The van der Waals surface area contributed by atoms with E-state index in [0.717, 1.165) is 0 Å². The summed E-state index contributed by atoms with van der Waals surface area (Å²) in [5, 5.41) is 0. The standard InChI is InChI=1S/C7H11NO2.CH4/c1-6(9)8-4-2-7(10)3-5-8;/h2-5H2,1H3;1H4. The van der Waals surface area contributed by atoms with E-state index in [0.29, 0.717) is 25.9 Å². The van der Waals surface area contributed by atoms with Crippen LogP contribution in [-0.4, -0.2) is 29.7 Å². The molecule has 3 heteroatoms. The molecule has 1 saturated heterocycles. The molecule has 64 valence electrons. The molecule has 0 bridgehead atoms. The van der Waals surface area contributed by atoms with Crippen LogP contribution in [0.3, 0.4) is 0 Å². The van der Waals surface area contributed by atoms with Crippen LogP contribution in [0.15, 0.2) is 0 Å². The summed E-state index contributed by atoms with van der Waals surface area (Å²) in [6, 6.07) is 0. The minimum absolute atomic E-state index is 0. The van der Waals surface area contributed by atoms with Gasteiger partial charge in [-0.25, -0.2) is 0 Å². The number of amides is 1. The molecule has 3 nitrogen and oxygen atoms in total. The largest absolute Gasteiger partial charge is 0.342 e. The summed E-state index contributed by atoms with van der Waals surface area (Å²) >= 11 is 0. The molecule has 0 unspecified atom stereocenters. The lowest BCUT2D eigenvalue weighted by Gasteiger charge is -2.24. The SMILES string of the molecule is C.CC(=O)N1CCC(=O)CC1. The maximum atomic E-state index is 10.7. The molecule has 0 aromatic carbocycles. The second kappa shape index (κ2) is 4.11. The van der Waals surface area contributed by atoms with Crippen molar-refractivity contribution in [2.24, 2.45) is 0 Å². The third kappa shape index (κ3) is 2.70. The number of likely N-dealkylation sites (tertiary alicyclic amines) is 1. The second-order valence-electron chi connectivity index (χ2n) is 2.54. The number of carbonyl (C=O) groups excluding carboxylic acids is 2. The summed E-state index contributed by atoms with van der Waals surface area (Å²) in [6.45, 7) is 2.78. The molecule has 0 atom stereocenters. The summed E-state index contributed by atoms with van der Waals surface area (Å²) in [6.07, 6.45) is 1.08. The van der Waals surface area contributed by atoms with Crippen molar-refractivity contribution >= 4 is 11.7 Å². The van der Waals surface area contributed by atoms with E-state index in [4.69, 9.17) is 0 Å². The molecule has 0 spiro atoms. The predicted octanol–water partition coefficient (Wildman–Crippen LogP) is 0.834. The molecule has 1 aliphatic heterocycles. The van der Waals surface area contributed by atoms with Gasteiger partial charge in [0.05, 0.1) is 0 Å². The van der Waals surface area contributed by atoms with E-state index in [1.807, 2.05) is 0 Å². The molecule has 0 aromatic heterocycles. The van der Waals surface area contributed by atoms with Gasteiger partial charge in [-0.2, -0.15) is 0 Å². The van der Waals surface area contributed by atoms with Crippen molar-refractivity contribution in [3.63, 3.8) is 0 Å². The van der Waals surface area contributed by atoms with Crippen LogP contribution in [-0.2, 0) is 9.59 Å². The molecule has 1 amide bonds. The van der Waals surface area contributed by atoms with Gasteiger partial charge in [-0.05, 0) is 0 Å². The number of nitrogens with zero attached hydrogens (tertiary/aromatic N) is 1. The highest BCUT2D eigenvalue weighted by Gasteiger charge is 2.16. The van der Waals surface area contributed by atoms with Gasteiger partial charge in [0.2, 0.25) is 5.91 Å². The van der Waals surface area contributed by atoms with Gasteiger partial charge in [0, 0.05) is 32.9 Å². The van der Waals surface area contributed by atoms with Crippen LogP contribution in [0.4, 0.5) is 0 Å². The lowest BCUT2D eigenvalue weighted by atomic mass is 10.1. The molecule has 1 fully saturated rings. The van der Waals surface area contributed by atoms with Crippen LogP contribution >= 0.6 is 0 Å². The maximum absolute atomic E-state index is 10.7. The van der Waals surface area contributed by atoms with Crippen LogP contribution in [0.2, 0.25) is 0 Å². The molecule has 1 rings (SSSR count). The number of hydrogen-bond acceptors (Lipinski definition) is 2. The summed E-state index contributed by atoms with van der Waals surface area (Å²) in [5.74, 6) is 0.352. The Labute approximate surface area is 67.4 Å². The number of hydrogen-bond donors (Lipinski definition) is 0. The van der Waals surface area contributed by atoms with E-state index in [2.05, 4.69) is 0 Å². The lowest BCUT2D eigenvalue weighted by Crippen LogP contribution is -2.36. The highest BCUT2D eigenvalue weighted by Crippen LogP contribution is 2.04. The normalized spacial score (nSPS) is 17.5. The fraction of sp³-hybridized carbons (Fsp3) is 0.750. The lowest BCUT2D eigenvalue weighted by molar-refractivity contribution is -0.132. The second-order valence-corrected chi connectivity index (χ2v) is 2.54. The first-order valence-electron chi connectivity index (χ1n) is 3.47. The Morgan fingerprint density at radius 2 is 1.82 bits per heavy atom. The van der Waals surface area contributed by atoms with Crippen molar-refractivity contribution < 1.29 is 9.59 Å². The van der Waals surface area contributed by atoms with E-state index in [1.54, 1.807) is 4.90 Å². The Kier molecular flexibility index (Phi) is 3.79. The van der Waals surface area contributed by atoms with Gasteiger partial charge in [-0.3, -0.25) is 9.59 Å². The average Bonchev–Trinajstić information content (AvgIpc) is 1.88. The van der Waals surface area contributed by atoms with Crippen molar-refractivity contribution in [1.29, 1.82) is 0 Å². The minimum Gasteiger partial charge on any atom is -0.342 e. The number of Topliss-reactive ketones (excluding diaryl/α,β-unsaturated/α-hetero) is 1. The molecule has 1 aliphatic rings. The van der Waals surface area contributed by atoms with E-state index < -0.39 is 0 Å². The number of carbonyl (C=O) groups is 2. The third-order valence-electron chi connectivity index (χ3n) is 1.77. The van der Waals surface area contributed by atoms with Gasteiger partial charge in [0.15, 0.2) is 0 Å². The van der Waals surface area contributed by atoms with E-state index in [-0.39, 0.29) is 19.1 Å². The quantitative estimate of drug-likeness (QED) is 0.522. The smallest absolute Gasteiger partial charge is 0.219 e. The van der Waals surface area contributed by atoms with Crippen molar-refractivity contribution in [2.75, 3.05) is 13.1 Å². The Bertz CT molecular complexity index is 155. The van der Waals surface area contributed by atoms with Crippen LogP contribution in [0.25, 0.3) is 0 Å². The van der Waals surface area contributed by atoms with Gasteiger partial charge >= 0.3 is 0 Å². The number of ketones is 1. The predicted molar refractivity (Wildman–Crippen MR) is 43.2 cm³/mol. The Morgan fingerprint density at radius 1 is 1.36 bits per heavy atom. The van der Waals surface area contributed by atoms with Gasteiger partial charge in [0.25, 0.3) is 0 Å². The first kappa shape index (κ1) is 10.1. The van der Waals surface area contributed by atoms with E-state index >= 15 is 0 Å². The topological polar surface area (TPSA) is 37.4 Å². The van der Waals surface area contributed by atoms with Gasteiger partial charge in [-0.15, -0.1) is 0 Å². The van der Waals surface area contributed by atoms with Crippen molar-refractivity contribution in [1.82, 2.24) is 4.90 Å². The zero-order chi connectivity index (χ0) is 7.56. The van der Waals surface area contributed by atoms with Crippen LogP contribution in [0.1, 0.15) is 27.2 Å². The highest BCUT2D eigenvalue weighted by atomic mass is 16.2. The molecular weight excluding hydrogens is 142 g/mol. The van der Waals surface area contributed by atoms with E-state index in [9.17, 15) is 9.59 Å². The summed E-state index contributed by atoms with van der Waals surface area (Å²) in [4.78, 5) is 23.1. The van der Waals surface area contributed by atoms with Crippen molar-refractivity contribution in [3.05, 3.63) is 0 Å². The summed E-state index contributed by atoms with van der Waals surface area (Å²) < 4.78 is 0. The number of rotatable bonds is 0. The van der Waals surface area contributed by atoms with Crippen molar-refractivity contribution in [2.45, 2.75) is 27.2 Å². The van der Waals surface area contributed by atoms with Crippen LogP contribution in [0, 0.1) is 0 Å². The first-order valence-corrected chi connectivity index (χ1v) is 3.47. The zero-order valence-electron chi connectivity index (χ0n) is 6.09. The minimum atomic E-state index is 0. The summed E-state index contributed by atoms with van der Waals surface area (Å²) in [5.41, 5.74) is 0. The van der Waals surface area contributed by atoms with Gasteiger partial charge in [-0.1, -0.05) is 7.43 Å². The van der Waals surface area contributed by atoms with Gasteiger partial charge < -0.3 is 4.90 Å². The Balaban J connectivity index is 0.000001000. The fourth-order valence-electron chi connectivity index (χ4n) is 1.07. The fourth-order valence-corrected chi connectivity index (χ4v) is 1.07. The Morgan fingerprint density at radius 3 is 2.18 bits per heavy atom. The van der Waals surface area contributed by atoms with Gasteiger partial charge in [0.1, 0.15) is 5.78 Å². The number of piperidine rings is 1. The highest BCUT2D eigenvalue weighted by molar-refractivity contribution is 5.82. The summed E-state index contributed by atoms with van der Waals surface area (Å²) in [7, 11) is 0. The van der Waals surface area contributed by atoms with Crippen molar-refractivity contribution in [3.8, 4) is 0 Å². The first-order chi connectivity index (χ1) is 4.70. The molecular formula is C8H15NO2. The van der Waals surface area contributed by atoms with Crippen LogP contribution < -0.4 is 0 Å². The molecule has 1 heterocycles. The zero-order valence-corrected chi connectivity index (χ0v) is 6.09. The monoisotopic (exact) mass is 157 g/mol. The molecule has 0 N–H and O–H groups in total. The Hall–Kier alpha value is -0.860. The molecule has 11 heavy (non-hydrogen) atoms. The molecule has 0 aliphatic carbocycles. The molecule has 0 aromatic rings. The average molecular weight is 157 g/mol. The molecule has 0 radical (unpaired) electrons. The van der Waals surface area contributed by atoms with Crippen LogP contribution in [0.5, 0.6) is 0 Å². The maximum Gasteiger partial charge on any atom is 0.219 e. The molecule has 0 saturated carbocycles. The third-order valence-corrected chi connectivity index (χ3v) is 1.77. The van der Waals surface area contributed by atoms with E-state index in [1.165, 1.54) is 6.92 Å².